The molecule has 14 heavy (non-hydrogen) atoms. The smallest absolute Gasteiger partial charge is 0.122 e. The normalized spacial score (nSPS) is 14.9. The second kappa shape index (κ2) is 5.52. The number of hydrogen-bond donors (Lipinski definition) is 3. The van der Waals surface area contributed by atoms with E-state index in [2.05, 4.69) is 25.6 Å². The van der Waals surface area contributed by atoms with Crippen LogP contribution in [-0.2, 0) is 0 Å². The van der Waals surface area contributed by atoms with Gasteiger partial charge in [0.15, 0.2) is 0 Å². The first-order chi connectivity index (χ1) is 6.40. The van der Waals surface area contributed by atoms with E-state index in [1.165, 1.54) is 0 Å². The first kappa shape index (κ1) is 12.8. The average Bonchev–Trinajstić information content (AvgIpc) is 2.11. The van der Waals surface area contributed by atoms with Gasteiger partial charge in [0.05, 0.1) is 5.84 Å². The van der Waals surface area contributed by atoms with Gasteiger partial charge in [0.25, 0.3) is 0 Å². The van der Waals surface area contributed by atoms with Gasteiger partial charge in [-0.2, -0.15) is 0 Å². The summed E-state index contributed by atoms with van der Waals surface area (Å²) in [5.74, 6) is 1.05. The van der Waals surface area contributed by atoms with Gasteiger partial charge in [-0.05, 0) is 18.6 Å². The lowest BCUT2D eigenvalue weighted by atomic mass is 9.81. The van der Waals surface area contributed by atoms with Crippen molar-refractivity contribution in [2.24, 2.45) is 28.5 Å². The lowest BCUT2D eigenvalue weighted by Gasteiger charge is -2.25. The zero-order chi connectivity index (χ0) is 11.3. The molecule has 0 aliphatic heterocycles. The highest BCUT2D eigenvalue weighted by molar-refractivity contribution is 5.86. The predicted octanol–water partition coefficient (Wildman–Crippen LogP) is 1.90. The Morgan fingerprint density at radius 2 is 1.86 bits per heavy atom. The third-order valence-corrected chi connectivity index (χ3v) is 2.56. The summed E-state index contributed by atoms with van der Waals surface area (Å²) in [6.07, 6.45) is 0.525. The Labute approximate surface area is 85.6 Å². The fraction of sp³-hybridized carbons (Fsp3) is 0.700. The molecule has 80 valence electrons. The molecule has 0 aromatic heterocycles. The van der Waals surface area contributed by atoms with Crippen LogP contribution in [-0.4, -0.2) is 18.4 Å². The highest BCUT2D eigenvalue weighted by atomic mass is 14.8. The molecule has 0 amide bonds. The van der Waals surface area contributed by atoms with Crippen LogP contribution in [0, 0.1) is 28.6 Å². The summed E-state index contributed by atoms with van der Waals surface area (Å²) in [4.78, 5) is 3.62. The van der Waals surface area contributed by atoms with Gasteiger partial charge >= 0.3 is 0 Å². The van der Waals surface area contributed by atoms with Crippen molar-refractivity contribution in [2.45, 2.75) is 27.2 Å². The molecule has 0 saturated carbocycles. The van der Waals surface area contributed by atoms with E-state index >= 15 is 0 Å². The number of nitrogens with two attached hydrogens (primary N) is 1. The minimum absolute atomic E-state index is 0.0106. The maximum atomic E-state index is 7.57. The molecule has 2 atom stereocenters. The Balaban J connectivity index is 4.56. The summed E-state index contributed by atoms with van der Waals surface area (Å²) < 4.78 is 0. The summed E-state index contributed by atoms with van der Waals surface area (Å²) in [5, 5.41) is 14.8. The molecule has 0 saturated heterocycles. The van der Waals surface area contributed by atoms with Crippen molar-refractivity contribution >= 4 is 18.4 Å². The summed E-state index contributed by atoms with van der Waals surface area (Å²) in [7, 11) is 0. The maximum Gasteiger partial charge on any atom is 0.122 e. The largest absolute Gasteiger partial charge is 0.388 e. The fourth-order valence-electron chi connectivity index (χ4n) is 1.59. The number of hydrogen-bond acceptors (Lipinski definition) is 2. The second-order valence-electron chi connectivity index (χ2n) is 3.97. The van der Waals surface area contributed by atoms with Crippen LogP contribution >= 0.6 is 0 Å². The van der Waals surface area contributed by atoms with Crippen molar-refractivity contribution in [3.8, 4) is 0 Å². The Bertz CT molecular complexity index is 232. The van der Waals surface area contributed by atoms with Crippen molar-refractivity contribution in [1.82, 2.24) is 0 Å². The minimum atomic E-state index is 0.0106. The molecule has 4 heteroatoms. The molecule has 0 aliphatic rings. The Hall–Kier alpha value is -1.19. The summed E-state index contributed by atoms with van der Waals surface area (Å²) in [6.45, 7) is 9.42. The molecule has 0 aliphatic carbocycles. The van der Waals surface area contributed by atoms with E-state index < -0.39 is 0 Å². The summed E-state index contributed by atoms with van der Waals surface area (Å²) >= 11 is 0. The molecule has 0 aromatic carbocycles. The molecule has 0 spiro atoms. The SMILES string of the molecule is C=NC(=N)C(C)[C@@H](CC(=N)N)C(C)C. The zero-order valence-electron chi connectivity index (χ0n) is 9.17. The van der Waals surface area contributed by atoms with Crippen molar-refractivity contribution < 1.29 is 0 Å². The fourth-order valence-corrected chi connectivity index (χ4v) is 1.59. The van der Waals surface area contributed by atoms with Crippen LogP contribution in [0.4, 0.5) is 0 Å². The number of rotatable bonds is 5. The molecule has 0 heterocycles. The van der Waals surface area contributed by atoms with Gasteiger partial charge in [-0.15, -0.1) is 0 Å². The second-order valence-corrected chi connectivity index (χ2v) is 3.97. The van der Waals surface area contributed by atoms with Crippen LogP contribution in [0.3, 0.4) is 0 Å². The number of nitrogens with one attached hydrogen (secondary N) is 2. The first-order valence-corrected chi connectivity index (χ1v) is 4.78. The Morgan fingerprint density at radius 1 is 1.36 bits per heavy atom. The van der Waals surface area contributed by atoms with E-state index in [1.54, 1.807) is 0 Å². The average molecular weight is 196 g/mol. The summed E-state index contributed by atoms with van der Waals surface area (Å²) in [6, 6.07) is 0. The third-order valence-electron chi connectivity index (χ3n) is 2.56. The zero-order valence-corrected chi connectivity index (χ0v) is 9.17. The molecule has 0 fully saturated rings. The van der Waals surface area contributed by atoms with Gasteiger partial charge in [0, 0.05) is 12.3 Å². The van der Waals surface area contributed by atoms with E-state index in [0.717, 1.165) is 0 Å². The third kappa shape index (κ3) is 3.68. The van der Waals surface area contributed by atoms with Crippen LogP contribution < -0.4 is 5.73 Å². The van der Waals surface area contributed by atoms with E-state index in [4.69, 9.17) is 16.6 Å². The van der Waals surface area contributed by atoms with Gasteiger partial charge in [0.1, 0.15) is 5.84 Å². The molecular formula is C10H20N4. The van der Waals surface area contributed by atoms with E-state index in [-0.39, 0.29) is 23.5 Å². The van der Waals surface area contributed by atoms with E-state index in [1.807, 2.05) is 6.92 Å². The Kier molecular flexibility index (Phi) is 5.05. The molecular weight excluding hydrogens is 176 g/mol. The highest BCUT2D eigenvalue weighted by Crippen LogP contribution is 2.25. The number of aliphatic imine (C=N–C) groups is 1. The van der Waals surface area contributed by atoms with Crippen LogP contribution in [0.25, 0.3) is 0 Å². The topological polar surface area (TPSA) is 86.1 Å². The molecule has 0 bridgehead atoms. The standard InChI is InChI=1S/C10H20N4/c1-6(2)8(5-9(11)12)7(3)10(13)14-4/h6-8,13H,4-5H2,1-3H3,(H3,11,12)/t7?,8-/m0/s1. The Morgan fingerprint density at radius 3 is 2.14 bits per heavy atom. The highest BCUT2D eigenvalue weighted by Gasteiger charge is 2.24. The molecule has 4 N–H and O–H groups in total. The van der Waals surface area contributed by atoms with Crippen LogP contribution in [0.15, 0.2) is 4.99 Å². The number of nitrogens with zero attached hydrogens (tertiary/aromatic N) is 1. The van der Waals surface area contributed by atoms with Gasteiger partial charge in [-0.1, -0.05) is 20.8 Å². The quantitative estimate of drug-likeness (QED) is 0.455. The van der Waals surface area contributed by atoms with Crippen molar-refractivity contribution in [2.75, 3.05) is 0 Å². The number of amidine groups is 2. The van der Waals surface area contributed by atoms with E-state index in [0.29, 0.717) is 12.3 Å². The van der Waals surface area contributed by atoms with Gasteiger partial charge in [-0.3, -0.25) is 10.8 Å². The van der Waals surface area contributed by atoms with Gasteiger partial charge in [-0.25, -0.2) is 4.99 Å². The van der Waals surface area contributed by atoms with Crippen LogP contribution in [0.1, 0.15) is 27.2 Å². The van der Waals surface area contributed by atoms with Crippen LogP contribution in [0.2, 0.25) is 0 Å². The molecule has 0 rings (SSSR count). The predicted molar refractivity (Wildman–Crippen MR) is 61.3 cm³/mol. The monoisotopic (exact) mass is 196 g/mol. The van der Waals surface area contributed by atoms with E-state index in [9.17, 15) is 0 Å². The lowest BCUT2D eigenvalue weighted by Crippen LogP contribution is -2.28. The minimum Gasteiger partial charge on any atom is -0.388 e. The molecule has 0 aromatic rings. The van der Waals surface area contributed by atoms with Crippen molar-refractivity contribution in [3.05, 3.63) is 0 Å². The maximum absolute atomic E-state index is 7.57. The molecule has 1 unspecified atom stereocenters. The first-order valence-electron chi connectivity index (χ1n) is 4.78. The van der Waals surface area contributed by atoms with Crippen LogP contribution in [0.5, 0.6) is 0 Å². The van der Waals surface area contributed by atoms with Crippen molar-refractivity contribution in [1.29, 1.82) is 10.8 Å². The van der Waals surface area contributed by atoms with Gasteiger partial charge < -0.3 is 5.73 Å². The van der Waals surface area contributed by atoms with Gasteiger partial charge in [0.2, 0.25) is 0 Å². The lowest BCUT2D eigenvalue weighted by molar-refractivity contribution is 0.334. The summed E-state index contributed by atoms with van der Waals surface area (Å²) in [5.41, 5.74) is 5.38. The van der Waals surface area contributed by atoms with Crippen molar-refractivity contribution in [3.63, 3.8) is 0 Å². The molecule has 4 nitrogen and oxygen atoms in total. The molecule has 0 radical (unpaired) electrons.